The molecule has 0 atom stereocenters. The van der Waals surface area contributed by atoms with Gasteiger partial charge in [-0.25, -0.2) is 0 Å². The first-order valence-electron chi connectivity index (χ1n) is 5.55. The van der Waals surface area contributed by atoms with E-state index in [0.717, 1.165) is 11.3 Å². The van der Waals surface area contributed by atoms with Gasteiger partial charge in [0.2, 0.25) is 0 Å². The molecule has 1 aromatic carbocycles. The van der Waals surface area contributed by atoms with Gasteiger partial charge in [-0.2, -0.15) is 0 Å². The van der Waals surface area contributed by atoms with Crippen LogP contribution in [-0.4, -0.2) is 26.7 Å². The molecule has 0 N–H and O–H groups in total. The van der Waals surface area contributed by atoms with E-state index in [0.29, 0.717) is 6.61 Å². The number of carbonyl (C=O) groups is 1. The zero-order chi connectivity index (χ0) is 12.7. The van der Waals surface area contributed by atoms with Crippen LogP contribution in [-0.2, 0) is 9.53 Å². The van der Waals surface area contributed by atoms with Crippen molar-refractivity contribution in [2.45, 2.75) is 13.3 Å². The van der Waals surface area contributed by atoms with Crippen molar-refractivity contribution in [3.8, 4) is 11.8 Å². The van der Waals surface area contributed by atoms with Crippen LogP contribution in [0.1, 0.15) is 18.9 Å². The Morgan fingerprint density at radius 3 is 2.47 bits per heavy atom. The molecule has 0 spiro atoms. The highest BCUT2D eigenvalue weighted by atomic mass is 16.5. The topological polar surface area (TPSA) is 29.5 Å². The molecule has 0 amide bonds. The molecule has 1 rings (SSSR count). The van der Waals surface area contributed by atoms with Gasteiger partial charge in [0.1, 0.15) is 6.42 Å². The third-order valence-electron chi connectivity index (χ3n) is 2.15. The molecular formula is C14H17NO2. The number of hydrogen-bond acceptors (Lipinski definition) is 3. The van der Waals surface area contributed by atoms with E-state index in [-0.39, 0.29) is 12.4 Å². The first-order chi connectivity index (χ1) is 8.13. The quantitative estimate of drug-likeness (QED) is 0.589. The zero-order valence-electron chi connectivity index (χ0n) is 10.5. The molecule has 3 nitrogen and oxygen atoms in total. The first kappa shape index (κ1) is 13.1. The molecule has 0 aliphatic heterocycles. The summed E-state index contributed by atoms with van der Waals surface area (Å²) >= 11 is 0. The summed E-state index contributed by atoms with van der Waals surface area (Å²) < 4.78 is 4.78. The maximum Gasteiger partial charge on any atom is 0.317 e. The summed E-state index contributed by atoms with van der Waals surface area (Å²) in [4.78, 5) is 13.1. The second kappa shape index (κ2) is 6.59. The monoisotopic (exact) mass is 231 g/mol. The highest BCUT2D eigenvalue weighted by Crippen LogP contribution is 2.11. The Bertz CT molecular complexity index is 424. The molecule has 0 aromatic heterocycles. The number of rotatable bonds is 3. The van der Waals surface area contributed by atoms with Crippen molar-refractivity contribution in [2.24, 2.45) is 0 Å². The molecule has 0 bridgehead atoms. The summed E-state index contributed by atoms with van der Waals surface area (Å²) in [7, 11) is 3.98. The van der Waals surface area contributed by atoms with E-state index in [9.17, 15) is 4.79 Å². The lowest BCUT2D eigenvalue weighted by Crippen LogP contribution is -2.07. The normalized spacial score (nSPS) is 9.12. The maximum atomic E-state index is 11.0. The van der Waals surface area contributed by atoms with Crippen molar-refractivity contribution in [2.75, 3.05) is 25.6 Å². The van der Waals surface area contributed by atoms with Gasteiger partial charge < -0.3 is 9.64 Å². The predicted octanol–water partition coefficient (Wildman–Crippen LogP) is 2.06. The zero-order valence-corrected chi connectivity index (χ0v) is 10.5. The highest BCUT2D eigenvalue weighted by Gasteiger charge is 1.96. The third-order valence-corrected chi connectivity index (χ3v) is 2.15. The second-order valence-corrected chi connectivity index (χ2v) is 3.72. The van der Waals surface area contributed by atoms with Gasteiger partial charge in [0.05, 0.1) is 6.61 Å². The summed E-state index contributed by atoms with van der Waals surface area (Å²) in [6.07, 6.45) is 0.142. The first-order valence-corrected chi connectivity index (χ1v) is 5.55. The summed E-state index contributed by atoms with van der Waals surface area (Å²) in [6.45, 7) is 2.18. The smallest absolute Gasteiger partial charge is 0.317 e. The second-order valence-electron chi connectivity index (χ2n) is 3.72. The van der Waals surface area contributed by atoms with Crippen molar-refractivity contribution in [3.05, 3.63) is 29.8 Å². The van der Waals surface area contributed by atoms with Gasteiger partial charge in [0, 0.05) is 25.3 Å². The number of esters is 1. The molecule has 0 radical (unpaired) electrons. The average molecular weight is 231 g/mol. The lowest BCUT2D eigenvalue weighted by molar-refractivity contribution is -0.141. The predicted molar refractivity (Wildman–Crippen MR) is 68.9 cm³/mol. The van der Waals surface area contributed by atoms with Crippen LogP contribution in [0.25, 0.3) is 0 Å². The van der Waals surface area contributed by atoms with Gasteiger partial charge in [0.15, 0.2) is 0 Å². The number of nitrogens with zero attached hydrogens (tertiary/aromatic N) is 1. The van der Waals surface area contributed by atoms with E-state index in [1.807, 2.05) is 43.3 Å². The Kier molecular flexibility index (Phi) is 5.09. The Hall–Kier alpha value is -1.95. The Balaban J connectivity index is 2.57. The molecule has 0 aliphatic carbocycles. The number of carbonyl (C=O) groups excluding carboxylic acids is 1. The van der Waals surface area contributed by atoms with Crippen molar-refractivity contribution >= 4 is 11.7 Å². The van der Waals surface area contributed by atoms with Crippen LogP contribution >= 0.6 is 0 Å². The fraction of sp³-hybridized carbons (Fsp3) is 0.357. The van der Waals surface area contributed by atoms with Gasteiger partial charge >= 0.3 is 5.97 Å². The number of anilines is 1. The molecule has 0 saturated carbocycles. The van der Waals surface area contributed by atoms with Crippen LogP contribution < -0.4 is 4.90 Å². The minimum Gasteiger partial charge on any atom is -0.465 e. The van der Waals surface area contributed by atoms with Gasteiger partial charge in [-0.05, 0) is 31.2 Å². The molecule has 0 fully saturated rings. The number of ether oxygens (including phenoxy) is 1. The lowest BCUT2D eigenvalue weighted by Gasteiger charge is -2.11. The summed E-state index contributed by atoms with van der Waals surface area (Å²) in [6, 6.07) is 7.86. The minimum atomic E-state index is -0.273. The van der Waals surface area contributed by atoms with Crippen LogP contribution in [0.5, 0.6) is 0 Å². The molecule has 17 heavy (non-hydrogen) atoms. The van der Waals surface area contributed by atoms with Crippen molar-refractivity contribution in [3.63, 3.8) is 0 Å². The summed E-state index contributed by atoms with van der Waals surface area (Å²) in [5, 5.41) is 0. The van der Waals surface area contributed by atoms with Crippen LogP contribution in [0, 0.1) is 11.8 Å². The molecular weight excluding hydrogens is 214 g/mol. The van der Waals surface area contributed by atoms with E-state index in [1.165, 1.54) is 0 Å². The molecule has 0 saturated heterocycles. The van der Waals surface area contributed by atoms with Crippen molar-refractivity contribution in [1.29, 1.82) is 0 Å². The molecule has 90 valence electrons. The van der Waals surface area contributed by atoms with Crippen LogP contribution in [0.3, 0.4) is 0 Å². The van der Waals surface area contributed by atoms with E-state index < -0.39 is 0 Å². The summed E-state index contributed by atoms with van der Waals surface area (Å²) in [5.41, 5.74) is 2.03. The molecule has 3 heteroatoms. The van der Waals surface area contributed by atoms with Crippen LogP contribution in [0.2, 0.25) is 0 Å². The third kappa shape index (κ3) is 4.60. The Morgan fingerprint density at radius 2 is 1.94 bits per heavy atom. The summed E-state index contributed by atoms with van der Waals surface area (Å²) in [5.74, 6) is 5.45. The van der Waals surface area contributed by atoms with E-state index in [2.05, 4.69) is 11.8 Å². The highest BCUT2D eigenvalue weighted by molar-refractivity contribution is 5.72. The van der Waals surface area contributed by atoms with Crippen molar-refractivity contribution in [1.82, 2.24) is 0 Å². The average Bonchev–Trinajstić information content (AvgIpc) is 2.30. The number of hydrogen-bond donors (Lipinski definition) is 0. The van der Waals surface area contributed by atoms with Gasteiger partial charge in [0.25, 0.3) is 0 Å². The minimum absolute atomic E-state index is 0.142. The Labute approximate surface area is 102 Å². The fourth-order valence-corrected chi connectivity index (χ4v) is 1.27. The molecule has 1 aromatic rings. The maximum absolute atomic E-state index is 11.0. The fourth-order valence-electron chi connectivity index (χ4n) is 1.27. The lowest BCUT2D eigenvalue weighted by atomic mass is 10.2. The van der Waals surface area contributed by atoms with Crippen LogP contribution in [0.15, 0.2) is 24.3 Å². The molecule has 0 heterocycles. The van der Waals surface area contributed by atoms with Gasteiger partial charge in [-0.3, -0.25) is 4.79 Å². The largest absolute Gasteiger partial charge is 0.465 e. The van der Waals surface area contributed by atoms with Crippen LogP contribution in [0.4, 0.5) is 5.69 Å². The SMILES string of the molecule is CCOC(=O)CC#Cc1ccc(N(C)C)cc1. The van der Waals surface area contributed by atoms with E-state index >= 15 is 0 Å². The van der Waals surface area contributed by atoms with Gasteiger partial charge in [-0.15, -0.1) is 0 Å². The Morgan fingerprint density at radius 1 is 1.29 bits per heavy atom. The van der Waals surface area contributed by atoms with E-state index in [1.54, 1.807) is 6.92 Å². The van der Waals surface area contributed by atoms with E-state index in [4.69, 9.17) is 4.74 Å². The standard InChI is InChI=1S/C14H17NO2/c1-4-17-14(16)7-5-6-12-8-10-13(11-9-12)15(2)3/h8-11H,4,7H2,1-3H3. The number of benzene rings is 1. The molecule has 0 aliphatic rings. The van der Waals surface area contributed by atoms with Gasteiger partial charge in [-0.1, -0.05) is 11.8 Å². The molecule has 0 unspecified atom stereocenters. The van der Waals surface area contributed by atoms with Crippen molar-refractivity contribution < 1.29 is 9.53 Å².